The SMILES string of the molecule is COc1ccc2c(O[C@@H]3C[C@H]4C(=O)N[C@]5(C(=O)O)C[C@H]5C=CCCCCN(C)C(=O)N4C3)nc(-c3ccncc3)nc2c1C. The number of pyridine rings is 1. The van der Waals surface area contributed by atoms with Crippen molar-refractivity contribution in [2.75, 3.05) is 27.2 Å². The molecule has 2 aromatic heterocycles. The Balaban J connectivity index is 1.34. The van der Waals surface area contributed by atoms with E-state index < -0.39 is 29.6 Å². The Morgan fingerprint density at radius 1 is 1.14 bits per heavy atom. The Kier molecular flexibility index (Phi) is 7.83. The first-order valence-corrected chi connectivity index (χ1v) is 14.9. The summed E-state index contributed by atoms with van der Waals surface area (Å²) in [4.78, 5) is 56.4. The van der Waals surface area contributed by atoms with E-state index in [0.29, 0.717) is 41.3 Å². The quantitative estimate of drug-likeness (QED) is 0.420. The highest BCUT2D eigenvalue weighted by Gasteiger charge is 2.61. The highest BCUT2D eigenvalue weighted by atomic mass is 16.5. The van der Waals surface area contributed by atoms with Gasteiger partial charge in [-0.25, -0.2) is 14.6 Å². The van der Waals surface area contributed by atoms with E-state index >= 15 is 0 Å². The number of rotatable bonds is 5. The van der Waals surface area contributed by atoms with Crippen LogP contribution in [0.2, 0.25) is 0 Å². The lowest BCUT2D eigenvalue weighted by atomic mass is 10.1. The lowest BCUT2D eigenvalue weighted by Crippen LogP contribution is -2.54. The van der Waals surface area contributed by atoms with Gasteiger partial charge in [-0.15, -0.1) is 0 Å². The number of hydrogen-bond acceptors (Lipinski definition) is 8. The van der Waals surface area contributed by atoms with Gasteiger partial charge in [0.1, 0.15) is 23.4 Å². The molecule has 1 saturated carbocycles. The van der Waals surface area contributed by atoms with E-state index in [1.807, 2.05) is 43.3 Å². The number of amides is 3. The maximum Gasteiger partial charge on any atom is 0.330 e. The third-order valence-corrected chi connectivity index (χ3v) is 8.84. The van der Waals surface area contributed by atoms with Crippen molar-refractivity contribution >= 4 is 28.8 Å². The Morgan fingerprint density at radius 3 is 2.68 bits per heavy atom. The van der Waals surface area contributed by atoms with Crippen molar-refractivity contribution in [3.8, 4) is 23.0 Å². The number of methoxy groups -OCH3 is 1. The number of benzene rings is 1. The van der Waals surface area contributed by atoms with Crippen molar-refractivity contribution in [2.45, 2.75) is 56.7 Å². The van der Waals surface area contributed by atoms with Crippen LogP contribution in [0.4, 0.5) is 4.79 Å². The van der Waals surface area contributed by atoms with Gasteiger partial charge < -0.3 is 29.7 Å². The normalized spacial score (nSPS) is 25.6. The number of carboxylic acids is 1. The van der Waals surface area contributed by atoms with Crippen molar-refractivity contribution < 1.29 is 29.0 Å². The summed E-state index contributed by atoms with van der Waals surface area (Å²) >= 11 is 0. The third-order valence-electron chi connectivity index (χ3n) is 8.84. The molecule has 1 aliphatic carbocycles. The zero-order valence-corrected chi connectivity index (χ0v) is 25.0. The van der Waals surface area contributed by atoms with Gasteiger partial charge in [0.05, 0.1) is 24.6 Å². The first-order chi connectivity index (χ1) is 21.2. The number of aryl methyl sites for hydroxylation is 1. The Bertz CT molecular complexity index is 1630. The fraction of sp³-hybridized carbons (Fsp3) is 0.438. The van der Waals surface area contributed by atoms with Crippen LogP contribution < -0.4 is 14.8 Å². The molecule has 4 atom stereocenters. The van der Waals surface area contributed by atoms with Gasteiger partial charge in [-0.2, -0.15) is 4.98 Å². The maximum atomic E-state index is 13.7. The zero-order chi connectivity index (χ0) is 31.0. The largest absolute Gasteiger partial charge is 0.496 e. The minimum atomic E-state index is -1.36. The van der Waals surface area contributed by atoms with E-state index in [2.05, 4.69) is 10.3 Å². The number of nitrogens with zero attached hydrogens (tertiary/aromatic N) is 5. The second-order valence-corrected chi connectivity index (χ2v) is 11.7. The van der Waals surface area contributed by atoms with Crippen LogP contribution in [0.3, 0.4) is 0 Å². The second-order valence-electron chi connectivity index (χ2n) is 11.7. The molecule has 12 nitrogen and oxygen atoms in total. The van der Waals surface area contributed by atoms with E-state index in [4.69, 9.17) is 19.4 Å². The lowest BCUT2D eigenvalue weighted by Gasteiger charge is -2.29. The first-order valence-electron chi connectivity index (χ1n) is 14.9. The van der Waals surface area contributed by atoms with Crippen LogP contribution in [0, 0.1) is 12.8 Å². The molecule has 0 bridgehead atoms. The summed E-state index contributed by atoms with van der Waals surface area (Å²) in [6, 6.07) is 6.07. The molecular weight excluding hydrogens is 564 g/mol. The highest BCUT2D eigenvalue weighted by Crippen LogP contribution is 2.45. The molecule has 0 radical (unpaired) electrons. The summed E-state index contributed by atoms with van der Waals surface area (Å²) in [7, 11) is 3.32. The molecule has 3 amide bonds. The van der Waals surface area contributed by atoms with Gasteiger partial charge in [-0.3, -0.25) is 9.78 Å². The molecule has 12 heteroatoms. The van der Waals surface area contributed by atoms with E-state index in [9.17, 15) is 19.5 Å². The Labute approximate surface area is 255 Å². The van der Waals surface area contributed by atoms with Crippen molar-refractivity contribution in [3.63, 3.8) is 0 Å². The zero-order valence-electron chi connectivity index (χ0n) is 25.0. The number of fused-ring (bicyclic) bond motifs is 3. The summed E-state index contributed by atoms with van der Waals surface area (Å²) in [6.07, 6.45) is 9.54. The van der Waals surface area contributed by atoms with E-state index in [1.165, 1.54) is 4.90 Å². The van der Waals surface area contributed by atoms with Crippen molar-refractivity contribution in [3.05, 3.63) is 54.4 Å². The number of aliphatic carboxylic acids is 1. The number of carbonyl (C=O) groups is 3. The molecule has 0 unspecified atom stereocenters. The first kappa shape index (κ1) is 29.3. The third kappa shape index (κ3) is 5.40. The molecule has 2 N–H and O–H groups in total. The standard InChI is InChI=1S/C32H36N6O6/c1-19-25(43-3)10-9-23-26(19)34-27(20-11-13-33-14-12-20)35-29(23)44-22-16-24-28(39)36-32(30(40)41)17-21(32)8-6-4-5-7-15-37(2)31(42)38(24)18-22/h6,8-14,21-22,24H,4-5,7,15-18H2,1-3H3,(H,36,39)(H,40,41)/t21-,22-,24+,32-/m1/s1. The van der Waals surface area contributed by atoms with Gasteiger partial charge in [-0.05, 0) is 56.9 Å². The number of urea groups is 1. The number of carboxylic acid groups (broad SMARTS) is 1. The van der Waals surface area contributed by atoms with Gasteiger partial charge in [0, 0.05) is 49.5 Å². The van der Waals surface area contributed by atoms with Crippen LogP contribution in [0.25, 0.3) is 22.3 Å². The molecule has 1 aromatic carbocycles. The molecule has 230 valence electrons. The summed E-state index contributed by atoms with van der Waals surface area (Å²) in [5, 5.41) is 13.5. The number of allylic oxidation sites excluding steroid dienone is 1. The van der Waals surface area contributed by atoms with Crippen LogP contribution in [-0.4, -0.2) is 92.7 Å². The molecule has 0 spiro atoms. The second kappa shape index (κ2) is 11.7. The van der Waals surface area contributed by atoms with Crippen LogP contribution in [-0.2, 0) is 9.59 Å². The van der Waals surface area contributed by atoms with E-state index in [1.54, 1.807) is 31.5 Å². The highest BCUT2D eigenvalue weighted by molar-refractivity contribution is 5.95. The average Bonchev–Trinajstić information content (AvgIpc) is 3.56. The maximum absolute atomic E-state index is 13.7. The van der Waals surface area contributed by atoms with Gasteiger partial charge in [0.15, 0.2) is 5.82 Å². The van der Waals surface area contributed by atoms with Gasteiger partial charge in [0.2, 0.25) is 11.8 Å². The molecule has 44 heavy (non-hydrogen) atoms. The minimum Gasteiger partial charge on any atom is -0.496 e. The summed E-state index contributed by atoms with van der Waals surface area (Å²) in [6.45, 7) is 2.59. The molecule has 2 aliphatic heterocycles. The molecule has 3 aromatic rings. The summed E-state index contributed by atoms with van der Waals surface area (Å²) in [5.74, 6) is -0.433. The number of carbonyl (C=O) groups excluding carboxylic acids is 2. The smallest absolute Gasteiger partial charge is 0.330 e. The molecule has 2 fully saturated rings. The number of aromatic nitrogens is 3. The molecular formula is C32H36N6O6. The minimum absolute atomic E-state index is 0.135. The van der Waals surface area contributed by atoms with Crippen molar-refractivity contribution in [1.82, 2.24) is 30.1 Å². The van der Waals surface area contributed by atoms with Crippen LogP contribution in [0.5, 0.6) is 11.6 Å². The predicted molar refractivity (Wildman–Crippen MR) is 161 cm³/mol. The van der Waals surface area contributed by atoms with Crippen LogP contribution in [0.1, 0.15) is 37.7 Å². The van der Waals surface area contributed by atoms with E-state index in [-0.39, 0.29) is 24.9 Å². The van der Waals surface area contributed by atoms with Crippen LogP contribution in [0.15, 0.2) is 48.8 Å². The monoisotopic (exact) mass is 600 g/mol. The predicted octanol–water partition coefficient (Wildman–Crippen LogP) is 3.58. The molecule has 4 heterocycles. The van der Waals surface area contributed by atoms with Crippen LogP contribution >= 0.6 is 0 Å². The lowest BCUT2D eigenvalue weighted by molar-refractivity contribution is -0.144. The van der Waals surface area contributed by atoms with Gasteiger partial charge in [0.25, 0.3) is 0 Å². The fourth-order valence-electron chi connectivity index (χ4n) is 6.18. The Hall–Kier alpha value is -4.74. The van der Waals surface area contributed by atoms with Crippen molar-refractivity contribution in [1.29, 1.82) is 0 Å². The van der Waals surface area contributed by atoms with Crippen molar-refractivity contribution in [2.24, 2.45) is 5.92 Å². The number of nitrogens with one attached hydrogen (secondary N) is 1. The molecule has 6 rings (SSSR count). The summed E-state index contributed by atoms with van der Waals surface area (Å²) in [5.41, 5.74) is 0.859. The molecule has 1 saturated heterocycles. The number of hydrogen-bond donors (Lipinski definition) is 2. The molecule has 3 aliphatic rings. The van der Waals surface area contributed by atoms with E-state index in [0.717, 1.165) is 30.4 Å². The number of ether oxygens (including phenoxy) is 2. The summed E-state index contributed by atoms with van der Waals surface area (Å²) < 4.78 is 12.1. The fourth-order valence-corrected chi connectivity index (χ4v) is 6.18. The van der Waals surface area contributed by atoms with Gasteiger partial charge in [-0.1, -0.05) is 12.2 Å². The topological polar surface area (TPSA) is 147 Å². The van der Waals surface area contributed by atoms with Gasteiger partial charge >= 0.3 is 12.0 Å². The average molecular weight is 601 g/mol. The Morgan fingerprint density at radius 2 is 1.93 bits per heavy atom.